The highest BCUT2D eigenvalue weighted by Gasteiger charge is 2.43. The zero-order chi connectivity index (χ0) is 20.4. The fourth-order valence-corrected chi connectivity index (χ4v) is 3.62. The van der Waals surface area contributed by atoms with E-state index < -0.39 is 46.4 Å². The number of benzene rings is 2. The van der Waals surface area contributed by atoms with Crippen LogP contribution in [0, 0.1) is 11.6 Å². The number of aromatic hydroxyl groups is 1. The molecule has 29 heavy (non-hydrogen) atoms. The zero-order valence-corrected chi connectivity index (χ0v) is 14.3. The SMILES string of the molecule is O=c1oc2ccc(F)cc2c(O)c1C1c2c(c3cc(F)ccc3oc2=O)OC1O. The first-order valence-corrected chi connectivity index (χ1v) is 8.41. The van der Waals surface area contributed by atoms with E-state index in [1.807, 2.05) is 0 Å². The molecule has 2 atom stereocenters. The Morgan fingerprint density at radius 1 is 0.828 bits per heavy atom. The molecule has 2 aromatic carbocycles. The Morgan fingerprint density at radius 3 is 2.03 bits per heavy atom. The number of hydrogen-bond donors (Lipinski definition) is 2. The lowest BCUT2D eigenvalue weighted by Gasteiger charge is -2.14. The molecule has 0 fully saturated rings. The van der Waals surface area contributed by atoms with Crippen LogP contribution in [0.4, 0.5) is 8.78 Å². The molecule has 4 aromatic rings. The van der Waals surface area contributed by atoms with E-state index in [0.29, 0.717) is 0 Å². The zero-order valence-electron chi connectivity index (χ0n) is 14.3. The van der Waals surface area contributed by atoms with Gasteiger partial charge < -0.3 is 23.8 Å². The minimum Gasteiger partial charge on any atom is -0.507 e. The van der Waals surface area contributed by atoms with Crippen molar-refractivity contribution in [3.63, 3.8) is 0 Å². The minimum atomic E-state index is -1.78. The number of hydrogen-bond acceptors (Lipinski definition) is 7. The molecule has 1 aliphatic rings. The summed E-state index contributed by atoms with van der Waals surface area (Å²) < 4.78 is 42.9. The van der Waals surface area contributed by atoms with Crippen molar-refractivity contribution in [1.29, 1.82) is 0 Å². The first-order chi connectivity index (χ1) is 13.8. The van der Waals surface area contributed by atoms with Gasteiger partial charge in [0.2, 0.25) is 6.29 Å². The lowest BCUT2D eigenvalue weighted by Crippen LogP contribution is -2.26. The van der Waals surface area contributed by atoms with Gasteiger partial charge in [0.25, 0.3) is 0 Å². The molecule has 2 aromatic heterocycles. The second-order valence-electron chi connectivity index (χ2n) is 6.55. The molecular weight excluding hydrogens is 390 g/mol. The molecule has 0 spiro atoms. The molecule has 0 saturated heterocycles. The molecule has 2 N–H and O–H groups in total. The molecule has 0 radical (unpaired) electrons. The van der Waals surface area contributed by atoms with E-state index in [4.69, 9.17) is 13.6 Å². The maximum Gasteiger partial charge on any atom is 0.344 e. The monoisotopic (exact) mass is 400 g/mol. The van der Waals surface area contributed by atoms with Gasteiger partial charge in [0.05, 0.1) is 27.8 Å². The van der Waals surface area contributed by atoms with Crippen LogP contribution >= 0.6 is 0 Å². The van der Waals surface area contributed by atoms with Crippen LogP contribution in [0.15, 0.2) is 54.8 Å². The van der Waals surface area contributed by atoms with Crippen LogP contribution in [0.3, 0.4) is 0 Å². The van der Waals surface area contributed by atoms with E-state index >= 15 is 0 Å². The van der Waals surface area contributed by atoms with Crippen LogP contribution in [0.5, 0.6) is 11.5 Å². The van der Waals surface area contributed by atoms with Crippen LogP contribution in [0.1, 0.15) is 17.0 Å². The van der Waals surface area contributed by atoms with Crippen molar-refractivity contribution in [3.8, 4) is 11.5 Å². The number of aliphatic hydroxyl groups is 1. The summed E-state index contributed by atoms with van der Waals surface area (Å²) in [6, 6.07) is 6.50. The Bertz CT molecular complexity index is 1440. The van der Waals surface area contributed by atoms with Crippen LogP contribution in [-0.2, 0) is 0 Å². The maximum absolute atomic E-state index is 13.7. The summed E-state index contributed by atoms with van der Waals surface area (Å²) in [7, 11) is 0. The predicted octanol–water partition coefficient (Wildman–Crippen LogP) is 2.73. The standard InChI is InChI=1S/C20H10F2O7/c21-7-1-3-11-9(5-7)16(23)14(19(25)27-11)13-15-17(29-18(13)24)10-6-8(22)2-4-12(10)28-20(15)26/h1-6,13,18,23-24H. The van der Waals surface area contributed by atoms with Gasteiger partial charge in [-0.15, -0.1) is 0 Å². The highest BCUT2D eigenvalue weighted by Crippen LogP contribution is 2.45. The molecule has 5 rings (SSSR count). The quantitative estimate of drug-likeness (QED) is 0.473. The first kappa shape index (κ1) is 17.4. The van der Waals surface area contributed by atoms with Crippen LogP contribution in [0.2, 0.25) is 0 Å². The second-order valence-corrected chi connectivity index (χ2v) is 6.55. The Kier molecular flexibility index (Phi) is 3.53. The molecule has 3 heterocycles. The van der Waals surface area contributed by atoms with Crippen molar-refractivity contribution in [2.45, 2.75) is 12.2 Å². The lowest BCUT2D eigenvalue weighted by molar-refractivity contribution is -0.00988. The van der Waals surface area contributed by atoms with Gasteiger partial charge in [-0.3, -0.25) is 0 Å². The van der Waals surface area contributed by atoms with Crippen LogP contribution < -0.4 is 16.0 Å². The van der Waals surface area contributed by atoms with Crippen molar-refractivity contribution in [1.82, 2.24) is 0 Å². The molecule has 146 valence electrons. The van der Waals surface area contributed by atoms with Gasteiger partial charge in [-0.1, -0.05) is 0 Å². The van der Waals surface area contributed by atoms with E-state index in [1.54, 1.807) is 0 Å². The third-order valence-corrected chi connectivity index (χ3v) is 4.87. The van der Waals surface area contributed by atoms with E-state index in [1.165, 1.54) is 6.07 Å². The van der Waals surface area contributed by atoms with Gasteiger partial charge in [-0.2, -0.15) is 0 Å². The lowest BCUT2D eigenvalue weighted by atomic mass is 9.92. The van der Waals surface area contributed by atoms with Crippen molar-refractivity contribution in [2.75, 3.05) is 0 Å². The molecule has 0 saturated carbocycles. The van der Waals surface area contributed by atoms with E-state index in [9.17, 15) is 28.6 Å². The number of halogens is 2. The minimum absolute atomic E-state index is 0.0137. The predicted molar refractivity (Wildman–Crippen MR) is 95.0 cm³/mol. The van der Waals surface area contributed by atoms with E-state index in [2.05, 4.69) is 0 Å². The average molecular weight is 400 g/mol. The van der Waals surface area contributed by atoms with E-state index in [-0.39, 0.29) is 33.3 Å². The summed E-state index contributed by atoms with van der Waals surface area (Å²) in [5, 5.41) is 21.0. The Labute approximate surface area is 159 Å². The smallest absolute Gasteiger partial charge is 0.344 e. The van der Waals surface area contributed by atoms with Crippen molar-refractivity contribution in [2.24, 2.45) is 0 Å². The highest BCUT2D eigenvalue weighted by atomic mass is 19.1. The Hall–Kier alpha value is -3.72. The molecule has 7 nitrogen and oxygen atoms in total. The van der Waals surface area contributed by atoms with Gasteiger partial charge in [0.15, 0.2) is 0 Å². The molecule has 1 aliphatic heterocycles. The van der Waals surface area contributed by atoms with Gasteiger partial charge in [-0.25, -0.2) is 18.4 Å². The van der Waals surface area contributed by atoms with E-state index in [0.717, 1.165) is 30.3 Å². The Balaban J connectivity index is 1.84. The summed E-state index contributed by atoms with van der Waals surface area (Å²) in [4.78, 5) is 25.1. The third-order valence-electron chi connectivity index (χ3n) is 4.87. The number of rotatable bonds is 1. The fraction of sp³-hybridized carbons (Fsp3) is 0.100. The molecule has 2 unspecified atom stereocenters. The van der Waals surface area contributed by atoms with Crippen LogP contribution in [-0.4, -0.2) is 16.5 Å². The molecule has 0 amide bonds. The van der Waals surface area contributed by atoms with Gasteiger partial charge >= 0.3 is 11.3 Å². The van der Waals surface area contributed by atoms with Gasteiger partial charge in [0.1, 0.15) is 34.3 Å². The molecular formula is C20H10F2O7. The summed E-state index contributed by atoms with van der Waals surface area (Å²) in [5.74, 6) is -3.67. The van der Waals surface area contributed by atoms with Crippen molar-refractivity contribution in [3.05, 3.63) is 80.0 Å². The average Bonchev–Trinajstić information content (AvgIpc) is 3.01. The molecule has 0 bridgehead atoms. The van der Waals surface area contributed by atoms with Gasteiger partial charge in [-0.05, 0) is 36.4 Å². The van der Waals surface area contributed by atoms with Crippen molar-refractivity contribution >= 4 is 21.9 Å². The molecule has 0 aliphatic carbocycles. The summed E-state index contributed by atoms with van der Waals surface area (Å²) in [5.41, 5.74) is -2.86. The third kappa shape index (κ3) is 2.44. The second kappa shape index (κ2) is 5.89. The van der Waals surface area contributed by atoms with Crippen LogP contribution in [0.25, 0.3) is 21.9 Å². The largest absolute Gasteiger partial charge is 0.507 e. The topological polar surface area (TPSA) is 110 Å². The number of ether oxygens (including phenoxy) is 1. The summed E-state index contributed by atoms with van der Waals surface area (Å²) in [6.45, 7) is 0. The van der Waals surface area contributed by atoms with Gasteiger partial charge in [0, 0.05) is 0 Å². The fourth-order valence-electron chi connectivity index (χ4n) is 3.62. The summed E-state index contributed by atoms with van der Waals surface area (Å²) in [6.07, 6.45) is -1.78. The summed E-state index contributed by atoms with van der Waals surface area (Å²) >= 11 is 0. The number of aliphatic hydroxyl groups excluding tert-OH is 1. The molecule has 9 heteroatoms. The Morgan fingerprint density at radius 2 is 1.38 bits per heavy atom. The first-order valence-electron chi connectivity index (χ1n) is 8.41. The maximum atomic E-state index is 13.7. The normalized spacial score (nSPS) is 18.2. The number of fused-ring (bicyclic) bond motifs is 4. The van der Waals surface area contributed by atoms with Crippen molar-refractivity contribution < 1.29 is 32.6 Å². The highest BCUT2D eigenvalue weighted by molar-refractivity contribution is 5.87.